The van der Waals surface area contributed by atoms with Crippen molar-refractivity contribution in [2.45, 2.75) is 39.0 Å². The molecule has 0 saturated carbocycles. The van der Waals surface area contributed by atoms with Gasteiger partial charge in [-0.05, 0) is 111 Å². The number of aliphatic carboxylic acids is 1. The Morgan fingerprint density at radius 1 is 1.02 bits per heavy atom. The Morgan fingerprint density at radius 3 is 2.24 bits per heavy atom. The quantitative estimate of drug-likeness (QED) is 0.290. The Bertz CT molecular complexity index is 1430. The van der Waals surface area contributed by atoms with Crippen molar-refractivity contribution in [2.24, 2.45) is 0 Å². The molecule has 0 amide bonds. The number of carboxylic acid groups (broad SMARTS) is 1. The molecule has 5 nitrogen and oxygen atoms in total. The molecule has 0 aromatic heterocycles. The number of halogens is 3. The predicted octanol–water partition coefficient (Wildman–Crippen LogP) is 6.82. The van der Waals surface area contributed by atoms with Gasteiger partial charge in [-0.2, -0.15) is 13.2 Å². The average Bonchev–Trinajstić information content (AvgIpc) is 3.46. The van der Waals surface area contributed by atoms with Crippen LogP contribution in [0.4, 0.5) is 13.2 Å². The molecule has 8 heteroatoms. The van der Waals surface area contributed by atoms with E-state index in [2.05, 4.69) is 16.7 Å². The number of carboxylic acids is 1. The van der Waals surface area contributed by atoms with Gasteiger partial charge in [0.15, 0.2) is 6.10 Å². The smallest absolute Gasteiger partial charge is 0.416 e. The highest BCUT2D eigenvalue weighted by molar-refractivity contribution is 5.80. The van der Waals surface area contributed by atoms with Gasteiger partial charge in [0, 0.05) is 5.56 Å². The summed E-state index contributed by atoms with van der Waals surface area (Å²) in [6, 6.07) is 17.8. The third-order valence-electron chi connectivity index (χ3n) is 6.79. The summed E-state index contributed by atoms with van der Waals surface area (Å²) in [7, 11) is 0. The third-order valence-corrected chi connectivity index (χ3v) is 6.79. The van der Waals surface area contributed by atoms with E-state index in [1.54, 1.807) is 25.1 Å². The highest BCUT2D eigenvalue weighted by atomic mass is 19.4. The number of likely N-dealkylation sites (tertiary alicyclic amines) is 1. The van der Waals surface area contributed by atoms with Crippen molar-refractivity contribution < 1.29 is 32.5 Å². The van der Waals surface area contributed by atoms with Crippen molar-refractivity contribution in [2.75, 3.05) is 26.2 Å². The highest BCUT2D eigenvalue weighted by Crippen LogP contribution is 2.32. The number of alkyl halides is 3. The van der Waals surface area contributed by atoms with Gasteiger partial charge in [-0.1, -0.05) is 36.1 Å². The number of aryl methyl sites for hydroxylation is 1. The van der Waals surface area contributed by atoms with Crippen LogP contribution in [0.5, 0.6) is 11.5 Å². The molecule has 1 aliphatic rings. The van der Waals surface area contributed by atoms with Crippen LogP contribution in [0.1, 0.15) is 47.6 Å². The van der Waals surface area contributed by atoms with Gasteiger partial charge in [-0.15, -0.1) is 0 Å². The minimum absolute atomic E-state index is 0.152. The van der Waals surface area contributed by atoms with E-state index >= 15 is 0 Å². The van der Waals surface area contributed by atoms with Crippen LogP contribution in [0, 0.1) is 18.8 Å². The lowest BCUT2D eigenvalue weighted by Gasteiger charge is -2.14. The van der Waals surface area contributed by atoms with Crippen LogP contribution in [-0.4, -0.2) is 48.3 Å². The lowest BCUT2D eigenvalue weighted by Crippen LogP contribution is -2.23. The van der Waals surface area contributed by atoms with Gasteiger partial charge in [0.25, 0.3) is 0 Å². The van der Waals surface area contributed by atoms with Gasteiger partial charge in [-0.25, -0.2) is 4.79 Å². The summed E-state index contributed by atoms with van der Waals surface area (Å²) in [5.74, 6) is 6.33. The fraction of sp³-hybridized carbons (Fsp3) is 0.303. The van der Waals surface area contributed by atoms with E-state index in [1.165, 1.54) is 31.9 Å². The van der Waals surface area contributed by atoms with Crippen molar-refractivity contribution >= 4 is 11.5 Å². The second-order valence-corrected chi connectivity index (χ2v) is 9.89. The van der Waals surface area contributed by atoms with Gasteiger partial charge < -0.3 is 14.6 Å². The monoisotopic (exact) mass is 563 g/mol. The number of nitrogens with zero attached hydrogens (tertiary/aromatic N) is 1. The van der Waals surface area contributed by atoms with Gasteiger partial charge in [0.2, 0.25) is 0 Å². The predicted molar refractivity (Wildman–Crippen MR) is 152 cm³/mol. The number of hydrogen-bond acceptors (Lipinski definition) is 4. The normalized spacial score (nSPS) is 14.7. The fourth-order valence-corrected chi connectivity index (χ4v) is 4.47. The maximum absolute atomic E-state index is 13.2. The number of carbonyl (C=O) groups is 1. The maximum Gasteiger partial charge on any atom is 0.416 e. The number of benzene rings is 3. The summed E-state index contributed by atoms with van der Waals surface area (Å²) in [6.45, 7) is 6.29. The minimum atomic E-state index is -4.42. The minimum Gasteiger partial charge on any atom is -0.489 e. The first-order valence-corrected chi connectivity index (χ1v) is 13.4. The zero-order chi connectivity index (χ0) is 29.4. The molecule has 3 aromatic carbocycles. The molecule has 41 heavy (non-hydrogen) atoms. The Morgan fingerprint density at radius 2 is 1.66 bits per heavy atom. The molecule has 1 N–H and O–H groups in total. The van der Waals surface area contributed by atoms with Crippen LogP contribution in [0.25, 0.3) is 5.57 Å². The lowest BCUT2D eigenvalue weighted by atomic mass is 9.96. The molecule has 1 unspecified atom stereocenters. The molecule has 0 radical (unpaired) electrons. The largest absolute Gasteiger partial charge is 0.489 e. The fourth-order valence-electron chi connectivity index (χ4n) is 4.47. The number of hydrogen-bond donors (Lipinski definition) is 1. The first-order valence-electron chi connectivity index (χ1n) is 13.4. The summed E-state index contributed by atoms with van der Waals surface area (Å²) in [5, 5.41) is 9.07. The molecule has 1 aliphatic heterocycles. The van der Waals surface area contributed by atoms with E-state index in [1.807, 2.05) is 30.3 Å². The Balaban J connectivity index is 1.52. The highest BCUT2D eigenvalue weighted by Gasteiger charge is 2.30. The molecular formula is C33H32F3NO4. The van der Waals surface area contributed by atoms with E-state index < -0.39 is 23.8 Å². The molecule has 0 aliphatic carbocycles. The summed E-state index contributed by atoms with van der Waals surface area (Å²) < 4.78 is 50.9. The van der Waals surface area contributed by atoms with Crippen LogP contribution in [0.2, 0.25) is 0 Å². The molecular weight excluding hydrogens is 531 g/mol. The van der Waals surface area contributed by atoms with Crippen LogP contribution in [0.15, 0.2) is 72.8 Å². The molecule has 4 rings (SSSR count). The lowest BCUT2D eigenvalue weighted by molar-refractivity contribution is -0.144. The molecule has 1 heterocycles. The summed E-state index contributed by atoms with van der Waals surface area (Å²) in [5.41, 5.74) is 3.03. The molecule has 214 valence electrons. The first kappa shape index (κ1) is 29.8. The summed E-state index contributed by atoms with van der Waals surface area (Å²) in [6.07, 6.45) is -1.16. The molecule has 1 fully saturated rings. The molecule has 1 saturated heterocycles. The van der Waals surface area contributed by atoms with Crippen LogP contribution in [-0.2, 0) is 11.0 Å². The van der Waals surface area contributed by atoms with Crippen molar-refractivity contribution in [3.63, 3.8) is 0 Å². The van der Waals surface area contributed by atoms with Crippen molar-refractivity contribution in [3.8, 4) is 23.3 Å². The van der Waals surface area contributed by atoms with Crippen molar-refractivity contribution in [1.82, 2.24) is 4.90 Å². The molecule has 3 aromatic rings. The zero-order valence-electron chi connectivity index (χ0n) is 23.0. The Labute approximate surface area is 238 Å². The van der Waals surface area contributed by atoms with Crippen LogP contribution < -0.4 is 9.47 Å². The van der Waals surface area contributed by atoms with Gasteiger partial charge in [-0.3, -0.25) is 4.90 Å². The second-order valence-electron chi connectivity index (χ2n) is 9.89. The second kappa shape index (κ2) is 13.4. The topological polar surface area (TPSA) is 59.0 Å². The third kappa shape index (κ3) is 8.38. The number of ether oxygens (including phenoxy) is 2. The average molecular weight is 564 g/mol. The SMILES string of the molecule is Cc1cc(OC/C=C(\c2ccc(C#CCN3CCCC3)cc2)c2ccc(C(F)(F)F)cc2)ccc1OC(C)C(=O)O. The summed E-state index contributed by atoms with van der Waals surface area (Å²) in [4.78, 5) is 13.4. The number of rotatable bonds is 9. The van der Waals surface area contributed by atoms with Gasteiger partial charge in [0.05, 0.1) is 12.1 Å². The van der Waals surface area contributed by atoms with Gasteiger partial charge in [0.1, 0.15) is 18.1 Å². The molecule has 0 bridgehead atoms. The Kier molecular flexibility index (Phi) is 9.74. The summed E-state index contributed by atoms with van der Waals surface area (Å²) >= 11 is 0. The Hall–Kier alpha value is -4.22. The van der Waals surface area contributed by atoms with Crippen LogP contribution >= 0.6 is 0 Å². The maximum atomic E-state index is 13.2. The van der Waals surface area contributed by atoms with Gasteiger partial charge >= 0.3 is 12.1 Å². The standard InChI is InChI=1S/C33H32F3NO4/c1-23-22-29(15-16-31(23)41-24(2)32(38)39)40-21-17-30(27-11-13-28(14-12-27)33(34,35)36)26-9-7-25(8-10-26)6-5-20-37-18-3-4-19-37/h7-17,22,24H,3-4,18-21H2,1-2H3,(H,38,39)/b30-17+. The van der Waals surface area contributed by atoms with E-state index in [0.717, 1.165) is 48.5 Å². The van der Waals surface area contributed by atoms with E-state index in [0.29, 0.717) is 22.6 Å². The van der Waals surface area contributed by atoms with E-state index in [9.17, 15) is 18.0 Å². The van der Waals surface area contributed by atoms with Crippen molar-refractivity contribution in [1.29, 1.82) is 0 Å². The van der Waals surface area contributed by atoms with Crippen LogP contribution in [0.3, 0.4) is 0 Å². The van der Waals surface area contributed by atoms with Crippen molar-refractivity contribution in [3.05, 3.63) is 101 Å². The zero-order valence-corrected chi connectivity index (χ0v) is 23.0. The molecule has 1 atom stereocenters. The van der Waals surface area contributed by atoms with E-state index in [4.69, 9.17) is 14.6 Å². The first-order chi connectivity index (χ1) is 19.6. The molecule has 0 spiro atoms. The van der Waals surface area contributed by atoms with E-state index in [-0.39, 0.29) is 6.61 Å².